The molecule has 110 valence electrons. The maximum Gasteiger partial charge on any atom is 0.319 e. The minimum Gasteiger partial charge on any atom is -0.331 e. The average Bonchev–Trinajstić information content (AvgIpc) is 2.48. The highest BCUT2D eigenvalue weighted by Gasteiger charge is 2.09. The summed E-state index contributed by atoms with van der Waals surface area (Å²) in [5.41, 5.74) is 8.51. The number of hydrogen-bond acceptors (Lipinski definition) is 3. The monoisotopic (exact) mass is 284 g/mol. The van der Waals surface area contributed by atoms with Crippen molar-refractivity contribution in [2.45, 2.75) is 25.9 Å². The molecule has 21 heavy (non-hydrogen) atoms. The Hall–Kier alpha value is -2.40. The predicted octanol–water partition coefficient (Wildman–Crippen LogP) is 2.98. The van der Waals surface area contributed by atoms with Crippen molar-refractivity contribution in [1.82, 2.24) is 10.3 Å². The van der Waals surface area contributed by atoms with Crippen molar-refractivity contribution in [2.75, 3.05) is 5.32 Å². The van der Waals surface area contributed by atoms with E-state index in [-0.39, 0.29) is 18.1 Å². The Morgan fingerprint density at radius 2 is 1.86 bits per heavy atom. The number of urea groups is 1. The molecule has 1 heterocycles. The van der Waals surface area contributed by atoms with Gasteiger partial charge >= 0.3 is 6.03 Å². The number of carbonyl (C=O) groups excluding carboxylic acids is 1. The maximum absolute atomic E-state index is 11.9. The van der Waals surface area contributed by atoms with E-state index >= 15 is 0 Å². The van der Waals surface area contributed by atoms with Crippen LogP contribution in [0.2, 0.25) is 0 Å². The van der Waals surface area contributed by atoms with Crippen LogP contribution in [0.3, 0.4) is 0 Å². The Kier molecular flexibility index (Phi) is 4.90. The van der Waals surface area contributed by atoms with E-state index in [1.807, 2.05) is 50.2 Å². The lowest BCUT2D eigenvalue weighted by Crippen LogP contribution is -2.31. The topological polar surface area (TPSA) is 80.0 Å². The molecule has 0 bridgehead atoms. The number of aromatic nitrogens is 1. The molecule has 1 aromatic heterocycles. The van der Waals surface area contributed by atoms with E-state index in [0.29, 0.717) is 0 Å². The molecule has 5 heteroatoms. The molecule has 2 unspecified atom stereocenters. The molecule has 0 saturated heterocycles. The second-order valence-corrected chi connectivity index (χ2v) is 5.02. The molecule has 0 saturated carbocycles. The predicted molar refractivity (Wildman–Crippen MR) is 83.9 cm³/mol. The molecular formula is C16H20N4O. The lowest BCUT2D eigenvalue weighted by atomic mass is 10.1. The first-order valence-corrected chi connectivity index (χ1v) is 6.89. The average molecular weight is 284 g/mol. The van der Waals surface area contributed by atoms with Gasteiger partial charge in [-0.25, -0.2) is 4.79 Å². The molecule has 0 aliphatic rings. The van der Waals surface area contributed by atoms with Crippen LogP contribution >= 0.6 is 0 Å². The highest BCUT2D eigenvalue weighted by atomic mass is 16.2. The molecule has 2 atom stereocenters. The summed E-state index contributed by atoms with van der Waals surface area (Å²) in [5.74, 6) is 0. The molecule has 0 fully saturated rings. The third-order valence-corrected chi connectivity index (χ3v) is 3.23. The number of pyridine rings is 1. The van der Waals surface area contributed by atoms with Crippen molar-refractivity contribution in [1.29, 1.82) is 0 Å². The minimum absolute atomic E-state index is 0.0153. The number of hydrogen-bond donors (Lipinski definition) is 3. The van der Waals surface area contributed by atoms with E-state index in [1.165, 1.54) is 0 Å². The van der Waals surface area contributed by atoms with Crippen LogP contribution in [0.5, 0.6) is 0 Å². The number of carbonyl (C=O) groups is 1. The van der Waals surface area contributed by atoms with E-state index < -0.39 is 0 Å². The highest BCUT2D eigenvalue weighted by molar-refractivity contribution is 5.89. The van der Waals surface area contributed by atoms with Gasteiger partial charge in [-0.1, -0.05) is 18.2 Å². The fourth-order valence-electron chi connectivity index (χ4n) is 1.95. The van der Waals surface area contributed by atoms with Gasteiger partial charge in [0.25, 0.3) is 0 Å². The van der Waals surface area contributed by atoms with Crippen LogP contribution < -0.4 is 16.4 Å². The standard InChI is InChI=1S/C16H20N4O/c1-11(17)13-5-7-15(8-6-13)20-16(21)19-12(2)14-4-3-9-18-10-14/h3-12H,17H2,1-2H3,(H2,19,20,21). The largest absolute Gasteiger partial charge is 0.331 e. The molecule has 2 amide bonds. The van der Waals surface area contributed by atoms with Crippen molar-refractivity contribution in [2.24, 2.45) is 5.73 Å². The van der Waals surface area contributed by atoms with Crippen LogP contribution in [0, 0.1) is 0 Å². The van der Waals surface area contributed by atoms with E-state index in [4.69, 9.17) is 5.73 Å². The molecule has 0 aliphatic heterocycles. The highest BCUT2D eigenvalue weighted by Crippen LogP contribution is 2.15. The van der Waals surface area contributed by atoms with Gasteiger partial charge in [0.15, 0.2) is 0 Å². The Balaban J connectivity index is 1.92. The summed E-state index contributed by atoms with van der Waals surface area (Å²) < 4.78 is 0. The Bertz CT molecular complexity index is 581. The number of anilines is 1. The number of nitrogens with two attached hydrogens (primary N) is 1. The van der Waals surface area contributed by atoms with Crippen LogP contribution in [0.1, 0.15) is 37.1 Å². The lowest BCUT2D eigenvalue weighted by molar-refractivity contribution is 0.249. The first-order chi connectivity index (χ1) is 10.1. The van der Waals surface area contributed by atoms with Crippen molar-refractivity contribution in [3.05, 3.63) is 59.9 Å². The summed E-state index contributed by atoms with van der Waals surface area (Å²) in [6, 6.07) is 10.9. The van der Waals surface area contributed by atoms with Gasteiger partial charge in [-0.05, 0) is 43.2 Å². The van der Waals surface area contributed by atoms with Gasteiger partial charge in [0, 0.05) is 24.1 Å². The van der Waals surface area contributed by atoms with Gasteiger partial charge in [-0.2, -0.15) is 0 Å². The van der Waals surface area contributed by atoms with Crippen molar-refractivity contribution < 1.29 is 4.79 Å². The molecule has 1 aromatic carbocycles. The number of amides is 2. The second kappa shape index (κ2) is 6.85. The molecule has 4 N–H and O–H groups in total. The second-order valence-electron chi connectivity index (χ2n) is 5.02. The first-order valence-electron chi connectivity index (χ1n) is 6.89. The van der Waals surface area contributed by atoms with Crippen molar-refractivity contribution >= 4 is 11.7 Å². The lowest BCUT2D eigenvalue weighted by Gasteiger charge is -2.15. The van der Waals surface area contributed by atoms with Gasteiger partial charge in [-0.3, -0.25) is 4.98 Å². The molecule has 0 radical (unpaired) electrons. The van der Waals surface area contributed by atoms with Gasteiger partial charge in [0.1, 0.15) is 0 Å². The van der Waals surface area contributed by atoms with E-state index in [1.54, 1.807) is 12.4 Å². The fraction of sp³-hybridized carbons (Fsp3) is 0.250. The van der Waals surface area contributed by atoms with Crippen LogP contribution in [-0.4, -0.2) is 11.0 Å². The SMILES string of the molecule is CC(N)c1ccc(NC(=O)NC(C)c2cccnc2)cc1. The van der Waals surface area contributed by atoms with Gasteiger partial charge in [-0.15, -0.1) is 0 Å². The Morgan fingerprint density at radius 3 is 2.43 bits per heavy atom. The quantitative estimate of drug-likeness (QED) is 0.807. The van der Waals surface area contributed by atoms with Crippen molar-refractivity contribution in [3.8, 4) is 0 Å². The van der Waals surface area contributed by atoms with E-state index in [9.17, 15) is 4.79 Å². The summed E-state index contributed by atoms with van der Waals surface area (Å²) in [5, 5.41) is 5.66. The van der Waals surface area contributed by atoms with E-state index in [2.05, 4.69) is 15.6 Å². The smallest absolute Gasteiger partial charge is 0.319 e. The van der Waals surface area contributed by atoms with Crippen LogP contribution in [-0.2, 0) is 0 Å². The summed E-state index contributed by atoms with van der Waals surface area (Å²) in [4.78, 5) is 16.0. The van der Waals surface area contributed by atoms with Gasteiger partial charge in [0.2, 0.25) is 0 Å². The number of nitrogens with zero attached hydrogens (tertiary/aromatic N) is 1. The zero-order valence-corrected chi connectivity index (χ0v) is 12.2. The number of nitrogens with one attached hydrogen (secondary N) is 2. The number of rotatable bonds is 4. The van der Waals surface area contributed by atoms with Crippen LogP contribution in [0.25, 0.3) is 0 Å². The third kappa shape index (κ3) is 4.29. The normalized spacial score (nSPS) is 13.3. The minimum atomic E-state index is -0.250. The first kappa shape index (κ1) is 15.0. The summed E-state index contributed by atoms with van der Waals surface area (Å²) in [6.07, 6.45) is 3.44. The number of benzene rings is 1. The summed E-state index contributed by atoms with van der Waals surface area (Å²) in [7, 11) is 0. The summed E-state index contributed by atoms with van der Waals surface area (Å²) >= 11 is 0. The van der Waals surface area contributed by atoms with Gasteiger partial charge < -0.3 is 16.4 Å². The molecule has 2 aromatic rings. The van der Waals surface area contributed by atoms with Crippen molar-refractivity contribution in [3.63, 3.8) is 0 Å². The fourth-order valence-corrected chi connectivity index (χ4v) is 1.95. The zero-order chi connectivity index (χ0) is 15.2. The molecule has 5 nitrogen and oxygen atoms in total. The van der Waals surface area contributed by atoms with E-state index in [0.717, 1.165) is 16.8 Å². The molecular weight excluding hydrogens is 264 g/mol. The molecule has 2 rings (SSSR count). The van der Waals surface area contributed by atoms with Crippen LogP contribution in [0.4, 0.5) is 10.5 Å². The summed E-state index contributed by atoms with van der Waals surface area (Å²) in [6.45, 7) is 3.83. The molecule has 0 aliphatic carbocycles. The third-order valence-electron chi connectivity index (χ3n) is 3.23. The Labute approximate surface area is 124 Å². The van der Waals surface area contributed by atoms with Gasteiger partial charge in [0.05, 0.1) is 6.04 Å². The van der Waals surface area contributed by atoms with Crippen LogP contribution in [0.15, 0.2) is 48.8 Å². The Morgan fingerprint density at radius 1 is 1.14 bits per heavy atom. The maximum atomic E-state index is 11.9. The molecule has 0 spiro atoms. The zero-order valence-electron chi connectivity index (χ0n) is 12.2.